The zero-order valence-electron chi connectivity index (χ0n) is 18.5. The van der Waals surface area contributed by atoms with Gasteiger partial charge in [-0.2, -0.15) is 0 Å². The Labute approximate surface area is 167 Å². The molecule has 0 aliphatic heterocycles. The molecule has 0 N–H and O–H groups in total. The molecule has 0 heterocycles. The third-order valence-electron chi connectivity index (χ3n) is 9.08. The summed E-state index contributed by atoms with van der Waals surface area (Å²) in [6.07, 6.45) is 12.6. The van der Waals surface area contributed by atoms with Crippen molar-refractivity contribution in [2.24, 2.45) is 39.7 Å². The van der Waals surface area contributed by atoms with E-state index in [1.807, 2.05) is 0 Å². The van der Waals surface area contributed by atoms with Crippen LogP contribution in [0, 0.1) is 34.5 Å². The molecule has 0 aromatic rings. The Morgan fingerprint density at radius 1 is 0.963 bits per heavy atom. The molecule has 0 amide bonds. The monoisotopic (exact) mass is 391 g/mol. The maximum atomic E-state index is 6.54. The van der Waals surface area contributed by atoms with E-state index in [2.05, 4.69) is 38.6 Å². The van der Waals surface area contributed by atoms with Gasteiger partial charge in [-0.1, -0.05) is 19.0 Å². The molecule has 27 heavy (non-hydrogen) atoms. The summed E-state index contributed by atoms with van der Waals surface area (Å²) in [5.41, 5.74) is 2.21. The average Bonchev–Trinajstić information content (AvgIpc) is 2.91. The van der Waals surface area contributed by atoms with Crippen LogP contribution >= 0.6 is 0 Å². The van der Waals surface area contributed by atoms with E-state index in [9.17, 15) is 0 Å². The number of nitrogens with zero attached hydrogens (tertiary/aromatic N) is 1. The van der Waals surface area contributed by atoms with Gasteiger partial charge >= 0.3 is 0 Å². The molecule has 7 atom stereocenters. The summed E-state index contributed by atoms with van der Waals surface area (Å²) in [6.45, 7) is 12.2. The summed E-state index contributed by atoms with van der Waals surface area (Å²) in [7, 11) is 0.283. The van der Waals surface area contributed by atoms with Crippen molar-refractivity contribution >= 4 is 14.0 Å². The highest BCUT2D eigenvalue weighted by Gasteiger charge is 2.59. The highest BCUT2D eigenvalue weighted by molar-refractivity contribution is 6.69. The lowest BCUT2D eigenvalue weighted by molar-refractivity contribution is -0.111. The summed E-state index contributed by atoms with van der Waals surface area (Å²) < 4.78 is 6.54. The molecular weight excluding hydrogens is 350 g/mol. The fourth-order valence-corrected chi connectivity index (χ4v) is 9.09. The lowest BCUT2D eigenvalue weighted by atomic mass is 9.45. The van der Waals surface area contributed by atoms with Gasteiger partial charge in [-0.25, -0.2) is 0 Å². The van der Waals surface area contributed by atoms with Gasteiger partial charge in [0.25, 0.3) is 0 Å². The van der Waals surface area contributed by atoms with Crippen molar-refractivity contribution in [2.75, 3.05) is 7.11 Å². The van der Waals surface area contributed by atoms with Gasteiger partial charge in [0.15, 0.2) is 8.32 Å². The smallest absolute Gasteiger partial charge is 0.184 e. The van der Waals surface area contributed by atoms with Crippen LogP contribution in [0.4, 0.5) is 0 Å². The molecule has 4 aliphatic rings. The molecule has 4 fully saturated rings. The van der Waals surface area contributed by atoms with E-state index in [-0.39, 0.29) is 0 Å². The summed E-state index contributed by atoms with van der Waals surface area (Å²) in [6, 6.07) is 0. The first kappa shape index (κ1) is 19.9. The van der Waals surface area contributed by atoms with E-state index in [4.69, 9.17) is 9.26 Å². The summed E-state index contributed by atoms with van der Waals surface area (Å²) >= 11 is 0. The van der Waals surface area contributed by atoms with Crippen molar-refractivity contribution in [3.63, 3.8) is 0 Å². The molecule has 0 radical (unpaired) electrons. The highest BCUT2D eigenvalue weighted by Crippen LogP contribution is 2.65. The van der Waals surface area contributed by atoms with Crippen LogP contribution in [0.2, 0.25) is 19.6 Å². The number of fused-ring (bicyclic) bond motifs is 5. The standard InChI is InChI=1S/C23H41NO2Si/c1-22-13-11-17(26-27(4,5)6)15-16(22)7-8-18-19-9-10-21(24-25-3)23(19,2)14-12-20(18)22/h16-20H,7-15H2,1-6H3/b24-21-/t16-,17-,18+,19+,20+,22+,23+/m1/s1. The molecule has 4 saturated carbocycles. The Kier molecular flexibility index (Phi) is 5.07. The largest absolute Gasteiger partial charge is 0.415 e. The van der Waals surface area contributed by atoms with Crippen LogP contribution in [-0.2, 0) is 9.26 Å². The van der Waals surface area contributed by atoms with Crippen molar-refractivity contribution in [3.8, 4) is 0 Å². The number of rotatable bonds is 3. The van der Waals surface area contributed by atoms with Gasteiger partial charge in [-0.15, -0.1) is 0 Å². The zero-order valence-corrected chi connectivity index (χ0v) is 19.5. The molecule has 0 saturated heterocycles. The van der Waals surface area contributed by atoms with Gasteiger partial charge < -0.3 is 9.26 Å². The molecule has 4 heteroatoms. The second-order valence-corrected chi connectivity index (χ2v) is 16.0. The molecule has 0 spiro atoms. The SMILES string of the molecule is CO/N=C1/CC[C@H]2[C@@H]3CC[C@@H]4C[C@H](O[Si](C)(C)C)CC[C@]4(C)[C@H]3CC[C@]12C. The van der Waals surface area contributed by atoms with Crippen molar-refractivity contribution in [2.45, 2.75) is 97.4 Å². The van der Waals surface area contributed by atoms with E-state index < -0.39 is 8.32 Å². The van der Waals surface area contributed by atoms with E-state index in [0.29, 0.717) is 16.9 Å². The topological polar surface area (TPSA) is 30.8 Å². The van der Waals surface area contributed by atoms with Gasteiger partial charge in [-0.3, -0.25) is 0 Å². The summed E-state index contributed by atoms with van der Waals surface area (Å²) in [5.74, 6) is 3.54. The van der Waals surface area contributed by atoms with E-state index in [1.54, 1.807) is 7.11 Å². The zero-order chi connectivity index (χ0) is 19.4. The average molecular weight is 392 g/mol. The Balaban J connectivity index is 1.52. The summed E-state index contributed by atoms with van der Waals surface area (Å²) in [5, 5.41) is 4.46. The van der Waals surface area contributed by atoms with Crippen LogP contribution in [0.15, 0.2) is 5.16 Å². The lowest BCUT2D eigenvalue weighted by Crippen LogP contribution is -2.54. The van der Waals surface area contributed by atoms with Crippen LogP contribution in [0.5, 0.6) is 0 Å². The van der Waals surface area contributed by atoms with Gasteiger partial charge in [0.1, 0.15) is 7.11 Å². The van der Waals surface area contributed by atoms with Gasteiger partial charge in [-0.05, 0) is 107 Å². The molecule has 3 nitrogen and oxygen atoms in total. The number of hydrogen-bond donors (Lipinski definition) is 0. The maximum absolute atomic E-state index is 6.54. The van der Waals surface area contributed by atoms with Crippen molar-refractivity contribution in [1.29, 1.82) is 0 Å². The van der Waals surface area contributed by atoms with Gasteiger partial charge in [0.2, 0.25) is 0 Å². The van der Waals surface area contributed by atoms with Crippen LogP contribution in [0.1, 0.15) is 71.6 Å². The highest BCUT2D eigenvalue weighted by atomic mass is 28.4. The molecule has 4 rings (SSSR count). The Bertz CT molecular complexity index is 600. The fraction of sp³-hybridized carbons (Fsp3) is 0.957. The van der Waals surface area contributed by atoms with Crippen LogP contribution < -0.4 is 0 Å². The molecule has 154 valence electrons. The van der Waals surface area contributed by atoms with E-state index in [1.165, 1.54) is 57.1 Å². The Hall–Kier alpha value is -0.353. The third kappa shape index (κ3) is 3.33. The van der Waals surface area contributed by atoms with Crippen molar-refractivity contribution < 1.29 is 9.26 Å². The van der Waals surface area contributed by atoms with E-state index >= 15 is 0 Å². The number of hydrogen-bond acceptors (Lipinski definition) is 3. The number of oxime groups is 1. The molecule has 4 aliphatic carbocycles. The van der Waals surface area contributed by atoms with Crippen LogP contribution in [-0.4, -0.2) is 27.2 Å². The summed E-state index contributed by atoms with van der Waals surface area (Å²) in [4.78, 5) is 5.21. The minimum Gasteiger partial charge on any atom is -0.415 e. The van der Waals surface area contributed by atoms with Gasteiger partial charge in [0, 0.05) is 11.5 Å². The van der Waals surface area contributed by atoms with E-state index in [0.717, 1.165) is 30.1 Å². The first-order valence-electron chi connectivity index (χ1n) is 11.5. The second kappa shape index (κ2) is 6.86. The quantitative estimate of drug-likeness (QED) is 0.420. The predicted molar refractivity (Wildman–Crippen MR) is 114 cm³/mol. The maximum Gasteiger partial charge on any atom is 0.184 e. The molecular formula is C23H41NO2Si. The first-order valence-corrected chi connectivity index (χ1v) is 14.9. The Morgan fingerprint density at radius 2 is 1.74 bits per heavy atom. The van der Waals surface area contributed by atoms with Crippen LogP contribution in [0.25, 0.3) is 0 Å². The normalized spacial score (nSPS) is 48.7. The minimum absolute atomic E-state index is 0.304. The first-order chi connectivity index (χ1) is 12.7. The van der Waals surface area contributed by atoms with Crippen molar-refractivity contribution in [1.82, 2.24) is 0 Å². The molecule has 0 aromatic carbocycles. The van der Waals surface area contributed by atoms with Crippen LogP contribution in [0.3, 0.4) is 0 Å². The minimum atomic E-state index is -1.43. The van der Waals surface area contributed by atoms with Gasteiger partial charge in [0.05, 0.1) is 5.71 Å². The lowest BCUT2D eigenvalue weighted by Gasteiger charge is -2.60. The molecule has 0 bridgehead atoms. The Morgan fingerprint density at radius 3 is 2.44 bits per heavy atom. The predicted octanol–water partition coefficient (Wildman–Crippen LogP) is 6.25. The van der Waals surface area contributed by atoms with Crippen molar-refractivity contribution in [3.05, 3.63) is 0 Å². The third-order valence-corrected chi connectivity index (χ3v) is 10.1. The molecule has 0 aromatic heterocycles. The fourth-order valence-electron chi connectivity index (χ4n) is 7.87. The molecule has 0 unspecified atom stereocenters. The second-order valence-electron chi connectivity index (χ2n) is 11.5.